The molecule has 112 valence electrons. The van der Waals surface area contributed by atoms with E-state index in [2.05, 4.69) is 16.7 Å². The molecule has 0 saturated heterocycles. The number of hydrogen-bond acceptors (Lipinski definition) is 3. The number of halogens is 2. The van der Waals surface area contributed by atoms with Gasteiger partial charge in [-0.3, -0.25) is 0 Å². The largest absolute Gasteiger partial charge is 0.383 e. The fourth-order valence-corrected chi connectivity index (χ4v) is 2.35. The van der Waals surface area contributed by atoms with Gasteiger partial charge >= 0.3 is 0 Å². The van der Waals surface area contributed by atoms with Crippen LogP contribution in [-0.2, 0) is 12.1 Å². The molecule has 0 aliphatic carbocycles. The molecule has 1 aromatic heterocycles. The number of allylic oxidation sites excluding steroid dienone is 1. The first kappa shape index (κ1) is 15.3. The van der Waals surface area contributed by atoms with E-state index in [-0.39, 0.29) is 18.0 Å². The molecule has 0 radical (unpaired) electrons. The highest BCUT2D eigenvalue weighted by molar-refractivity contribution is 5.26. The van der Waals surface area contributed by atoms with Crippen molar-refractivity contribution < 1.29 is 13.9 Å². The fourth-order valence-electron chi connectivity index (χ4n) is 2.35. The summed E-state index contributed by atoms with van der Waals surface area (Å²) in [4.78, 5) is 3.81. The molecule has 4 nitrogen and oxygen atoms in total. The van der Waals surface area contributed by atoms with Gasteiger partial charge < -0.3 is 5.11 Å². The minimum atomic E-state index is -1.54. The van der Waals surface area contributed by atoms with E-state index in [1.54, 1.807) is 13.0 Å². The van der Waals surface area contributed by atoms with Gasteiger partial charge in [-0.1, -0.05) is 19.1 Å². The maximum Gasteiger partial charge on any atom is 0.137 e. The Morgan fingerprint density at radius 1 is 1.48 bits per heavy atom. The minimum Gasteiger partial charge on any atom is -0.383 e. The van der Waals surface area contributed by atoms with Crippen molar-refractivity contribution in [3.8, 4) is 0 Å². The van der Waals surface area contributed by atoms with Crippen LogP contribution in [-0.4, -0.2) is 19.9 Å². The fraction of sp³-hybridized carbons (Fsp3) is 0.333. The Hall–Kier alpha value is -2.08. The molecule has 2 rings (SSSR count). The van der Waals surface area contributed by atoms with E-state index in [0.717, 1.165) is 12.1 Å². The van der Waals surface area contributed by atoms with Crippen molar-refractivity contribution in [2.24, 2.45) is 5.92 Å². The van der Waals surface area contributed by atoms with Crippen molar-refractivity contribution in [1.29, 1.82) is 0 Å². The summed E-state index contributed by atoms with van der Waals surface area (Å²) in [6.07, 6.45) is 4.90. The van der Waals surface area contributed by atoms with Crippen molar-refractivity contribution in [1.82, 2.24) is 14.8 Å². The maximum absolute atomic E-state index is 14.1. The third-order valence-electron chi connectivity index (χ3n) is 3.60. The van der Waals surface area contributed by atoms with E-state index in [1.807, 2.05) is 0 Å². The van der Waals surface area contributed by atoms with E-state index in [9.17, 15) is 13.9 Å². The summed E-state index contributed by atoms with van der Waals surface area (Å²) >= 11 is 0. The predicted octanol–water partition coefficient (Wildman–Crippen LogP) is 2.66. The molecule has 0 bridgehead atoms. The van der Waals surface area contributed by atoms with Gasteiger partial charge in [0.15, 0.2) is 0 Å². The highest BCUT2D eigenvalue weighted by atomic mass is 19.1. The van der Waals surface area contributed by atoms with Crippen LogP contribution in [0.25, 0.3) is 0 Å². The van der Waals surface area contributed by atoms with Gasteiger partial charge in [-0.15, -0.1) is 6.58 Å². The van der Waals surface area contributed by atoms with Crippen LogP contribution in [0.5, 0.6) is 0 Å². The summed E-state index contributed by atoms with van der Waals surface area (Å²) < 4.78 is 28.6. The molecule has 0 fully saturated rings. The number of hydrogen-bond donors (Lipinski definition) is 1. The molecule has 0 spiro atoms. The highest BCUT2D eigenvalue weighted by Crippen LogP contribution is 2.35. The monoisotopic (exact) mass is 293 g/mol. The van der Waals surface area contributed by atoms with Gasteiger partial charge in [0.25, 0.3) is 0 Å². The summed E-state index contributed by atoms with van der Waals surface area (Å²) in [5, 5.41) is 15.0. The van der Waals surface area contributed by atoms with E-state index in [1.165, 1.54) is 23.4 Å². The normalized spacial score (nSPS) is 15.4. The van der Waals surface area contributed by atoms with Gasteiger partial charge in [0.1, 0.15) is 29.9 Å². The van der Waals surface area contributed by atoms with E-state index >= 15 is 0 Å². The van der Waals surface area contributed by atoms with Gasteiger partial charge in [-0.05, 0) is 18.4 Å². The van der Waals surface area contributed by atoms with Crippen molar-refractivity contribution in [2.45, 2.75) is 25.5 Å². The maximum atomic E-state index is 14.1. The summed E-state index contributed by atoms with van der Waals surface area (Å²) in [7, 11) is 0. The SMILES string of the molecule is C=CC[C@H](C)[C@](O)(Cn1cncn1)c1ccc(F)cc1F. The van der Waals surface area contributed by atoms with Crippen LogP contribution < -0.4 is 0 Å². The van der Waals surface area contributed by atoms with Crippen LogP contribution >= 0.6 is 0 Å². The first-order chi connectivity index (χ1) is 9.97. The Balaban J connectivity index is 2.46. The predicted molar refractivity (Wildman–Crippen MR) is 74.3 cm³/mol. The molecular weight excluding hydrogens is 276 g/mol. The molecule has 6 heteroatoms. The van der Waals surface area contributed by atoms with Gasteiger partial charge in [-0.25, -0.2) is 18.4 Å². The Morgan fingerprint density at radius 3 is 2.81 bits per heavy atom. The molecule has 0 unspecified atom stereocenters. The van der Waals surface area contributed by atoms with Gasteiger partial charge in [0.2, 0.25) is 0 Å². The quantitative estimate of drug-likeness (QED) is 0.833. The van der Waals surface area contributed by atoms with Crippen molar-refractivity contribution in [2.75, 3.05) is 0 Å². The van der Waals surface area contributed by atoms with Crippen LogP contribution in [0, 0.1) is 17.6 Å². The molecule has 0 aliphatic rings. The van der Waals surface area contributed by atoms with Crippen LogP contribution in [0.1, 0.15) is 18.9 Å². The molecule has 2 aromatic rings. The lowest BCUT2D eigenvalue weighted by Gasteiger charge is -2.34. The van der Waals surface area contributed by atoms with E-state index in [0.29, 0.717) is 6.42 Å². The van der Waals surface area contributed by atoms with Crippen LogP contribution in [0.2, 0.25) is 0 Å². The number of benzene rings is 1. The van der Waals surface area contributed by atoms with Crippen molar-refractivity contribution in [3.05, 3.63) is 60.7 Å². The Bertz CT molecular complexity index is 615. The molecule has 0 amide bonds. The number of rotatable bonds is 6. The van der Waals surface area contributed by atoms with Crippen LogP contribution in [0.3, 0.4) is 0 Å². The zero-order chi connectivity index (χ0) is 15.5. The molecule has 1 aromatic carbocycles. The summed E-state index contributed by atoms with van der Waals surface area (Å²) in [6, 6.07) is 3.16. The zero-order valence-electron chi connectivity index (χ0n) is 11.7. The lowest BCUT2D eigenvalue weighted by molar-refractivity contribution is -0.0380. The Kier molecular flexibility index (Phi) is 4.47. The second-order valence-corrected chi connectivity index (χ2v) is 5.07. The lowest BCUT2D eigenvalue weighted by atomic mass is 9.80. The average molecular weight is 293 g/mol. The summed E-state index contributed by atoms with van der Waals surface area (Å²) in [5.74, 6) is -1.80. The average Bonchev–Trinajstić information content (AvgIpc) is 2.91. The van der Waals surface area contributed by atoms with Crippen molar-refractivity contribution in [3.63, 3.8) is 0 Å². The second-order valence-electron chi connectivity index (χ2n) is 5.07. The van der Waals surface area contributed by atoms with Crippen LogP contribution in [0.4, 0.5) is 8.78 Å². The molecule has 0 aliphatic heterocycles. The summed E-state index contributed by atoms with van der Waals surface area (Å²) in [6.45, 7) is 5.44. The molecule has 0 saturated carbocycles. The third kappa shape index (κ3) is 3.16. The Labute approximate surface area is 121 Å². The number of aromatic nitrogens is 3. The number of nitrogens with zero attached hydrogens (tertiary/aromatic N) is 3. The van der Waals surface area contributed by atoms with Gasteiger partial charge in [0, 0.05) is 11.6 Å². The van der Waals surface area contributed by atoms with E-state index < -0.39 is 17.2 Å². The molecule has 21 heavy (non-hydrogen) atoms. The summed E-state index contributed by atoms with van der Waals surface area (Å²) in [5.41, 5.74) is -1.51. The molecular formula is C15H17F2N3O. The second kappa shape index (κ2) is 6.13. The lowest BCUT2D eigenvalue weighted by Crippen LogP contribution is -2.39. The van der Waals surface area contributed by atoms with Gasteiger partial charge in [-0.2, -0.15) is 5.10 Å². The van der Waals surface area contributed by atoms with E-state index in [4.69, 9.17) is 0 Å². The molecule has 2 atom stereocenters. The van der Waals surface area contributed by atoms with Gasteiger partial charge in [0.05, 0.1) is 6.54 Å². The molecule has 1 heterocycles. The van der Waals surface area contributed by atoms with Crippen molar-refractivity contribution >= 4 is 0 Å². The first-order valence-corrected chi connectivity index (χ1v) is 6.58. The minimum absolute atomic E-state index is 0.0184. The third-order valence-corrected chi connectivity index (χ3v) is 3.60. The Morgan fingerprint density at radius 2 is 2.24 bits per heavy atom. The molecule has 1 N–H and O–H groups in total. The first-order valence-electron chi connectivity index (χ1n) is 6.58. The smallest absolute Gasteiger partial charge is 0.137 e. The zero-order valence-corrected chi connectivity index (χ0v) is 11.7. The van der Waals surface area contributed by atoms with Crippen LogP contribution in [0.15, 0.2) is 43.5 Å². The highest BCUT2D eigenvalue weighted by Gasteiger charge is 2.38. The number of aliphatic hydroxyl groups is 1. The standard InChI is InChI=1S/C15H17F2N3O/c1-3-4-11(2)15(21,8-20-10-18-9-19-20)13-6-5-12(16)7-14(13)17/h3,5-7,9-11,21H,1,4,8H2,2H3/t11-,15+/m0/s1. The topological polar surface area (TPSA) is 50.9 Å².